The standard InChI is InChI=1S/C25H24F3N3O3.C3H6O2/c26-21-9-6-18(24(27)25(21)28)15-30-16-19-14-20(8-5-17(19)7-10-23(30)32)34-13-3-11-29-22-4-1-2-12-31(22)33;1-3(4)5-2/h1-2,4-6,8-9,12,14,33H,3,7,10-11,13,15-16H2;1-2H3/p+1. The molecule has 1 aromatic heterocycles. The Bertz CT molecular complexity index is 1310. The molecule has 2 N–H and O–H groups in total. The highest BCUT2D eigenvalue weighted by molar-refractivity contribution is 5.77. The summed E-state index contributed by atoms with van der Waals surface area (Å²) in [6.07, 6.45) is 3.00. The molecule has 208 valence electrons. The minimum Gasteiger partial charge on any atom is -0.493 e. The number of nitrogens with zero attached hydrogens (tertiary/aromatic N) is 2. The van der Waals surface area contributed by atoms with E-state index in [0.717, 1.165) is 28.0 Å². The average Bonchev–Trinajstić information content (AvgIpc) is 3.08. The van der Waals surface area contributed by atoms with Crippen LogP contribution in [-0.2, 0) is 33.8 Å². The number of anilines is 1. The number of carbonyl (C=O) groups is 2. The number of halogens is 3. The molecule has 2 aromatic carbocycles. The van der Waals surface area contributed by atoms with Crippen molar-refractivity contribution in [2.45, 2.75) is 39.3 Å². The van der Waals surface area contributed by atoms with E-state index < -0.39 is 17.5 Å². The summed E-state index contributed by atoms with van der Waals surface area (Å²) in [4.78, 5) is 23.6. The minimum absolute atomic E-state index is 0.0711. The number of aromatic nitrogens is 1. The number of hydrogen-bond donors (Lipinski definition) is 2. The molecule has 1 amide bonds. The van der Waals surface area contributed by atoms with E-state index in [2.05, 4.69) is 10.1 Å². The van der Waals surface area contributed by atoms with E-state index in [0.29, 0.717) is 37.6 Å². The molecule has 1 aliphatic rings. The van der Waals surface area contributed by atoms with Crippen molar-refractivity contribution >= 4 is 17.7 Å². The third-order valence-corrected chi connectivity index (χ3v) is 6.00. The van der Waals surface area contributed by atoms with E-state index in [1.807, 2.05) is 24.3 Å². The third-order valence-electron chi connectivity index (χ3n) is 6.00. The van der Waals surface area contributed by atoms with Crippen molar-refractivity contribution in [1.82, 2.24) is 4.90 Å². The average molecular weight is 547 g/mol. The summed E-state index contributed by atoms with van der Waals surface area (Å²) < 4.78 is 52.0. The zero-order chi connectivity index (χ0) is 28.4. The van der Waals surface area contributed by atoms with Crippen LogP contribution >= 0.6 is 0 Å². The fourth-order valence-electron chi connectivity index (χ4n) is 3.87. The predicted octanol–water partition coefficient (Wildman–Crippen LogP) is 4.16. The van der Waals surface area contributed by atoms with E-state index in [1.54, 1.807) is 12.1 Å². The van der Waals surface area contributed by atoms with Gasteiger partial charge in [-0.1, -0.05) is 22.9 Å². The Labute approximate surface area is 224 Å². The highest BCUT2D eigenvalue weighted by atomic mass is 19.2. The molecule has 0 bridgehead atoms. The van der Waals surface area contributed by atoms with Crippen LogP contribution in [0, 0.1) is 17.5 Å². The van der Waals surface area contributed by atoms with Crippen molar-refractivity contribution in [1.29, 1.82) is 0 Å². The molecule has 0 fully saturated rings. The highest BCUT2D eigenvalue weighted by Crippen LogP contribution is 2.26. The van der Waals surface area contributed by atoms with Crippen molar-refractivity contribution in [2.75, 3.05) is 25.6 Å². The summed E-state index contributed by atoms with van der Waals surface area (Å²) in [5.74, 6) is -3.28. The van der Waals surface area contributed by atoms with Crippen molar-refractivity contribution in [3.05, 3.63) is 88.9 Å². The van der Waals surface area contributed by atoms with Gasteiger partial charge in [0.1, 0.15) is 11.9 Å². The molecule has 0 unspecified atom stereocenters. The lowest BCUT2D eigenvalue weighted by Gasteiger charge is -2.22. The van der Waals surface area contributed by atoms with Gasteiger partial charge in [0, 0.05) is 44.5 Å². The molecule has 1 aliphatic heterocycles. The van der Waals surface area contributed by atoms with Crippen LogP contribution in [-0.4, -0.2) is 42.2 Å². The molecule has 0 atom stereocenters. The molecular weight excluding hydrogens is 515 g/mol. The van der Waals surface area contributed by atoms with Crippen LogP contribution in [0.4, 0.5) is 19.0 Å². The number of fused-ring (bicyclic) bond motifs is 1. The summed E-state index contributed by atoms with van der Waals surface area (Å²) in [5.41, 5.74) is 1.79. The molecule has 0 aliphatic carbocycles. The van der Waals surface area contributed by atoms with Crippen LogP contribution in [0.5, 0.6) is 5.75 Å². The van der Waals surface area contributed by atoms with Gasteiger partial charge in [-0.3, -0.25) is 14.9 Å². The van der Waals surface area contributed by atoms with Gasteiger partial charge >= 0.3 is 11.8 Å². The largest absolute Gasteiger partial charge is 0.493 e. The molecule has 3 aromatic rings. The second kappa shape index (κ2) is 14.0. The van der Waals surface area contributed by atoms with Gasteiger partial charge in [-0.15, -0.1) is 0 Å². The maximum Gasteiger partial charge on any atom is 0.313 e. The van der Waals surface area contributed by atoms with Crippen LogP contribution in [0.1, 0.15) is 36.5 Å². The molecular formula is C28H31F3N3O5+. The summed E-state index contributed by atoms with van der Waals surface area (Å²) in [6.45, 7) is 2.46. The summed E-state index contributed by atoms with van der Waals surface area (Å²) in [6, 6.07) is 12.9. The van der Waals surface area contributed by atoms with E-state index in [1.165, 1.54) is 25.1 Å². The molecule has 39 heavy (non-hydrogen) atoms. The Kier molecular flexibility index (Phi) is 10.5. The van der Waals surface area contributed by atoms with Crippen LogP contribution in [0.3, 0.4) is 0 Å². The van der Waals surface area contributed by atoms with Gasteiger partial charge in [0.15, 0.2) is 17.5 Å². The number of benzene rings is 2. The SMILES string of the molecule is COC(C)=O.O=C1CCc2ccc(OCCCNc3cccc[n+]3O)cc2CN1Cc1ccc(F)c(F)c1F. The first-order valence-corrected chi connectivity index (χ1v) is 12.3. The van der Waals surface area contributed by atoms with Crippen molar-refractivity contribution < 1.29 is 42.2 Å². The highest BCUT2D eigenvalue weighted by Gasteiger charge is 2.23. The van der Waals surface area contributed by atoms with Crippen molar-refractivity contribution in [3.8, 4) is 5.75 Å². The fraction of sp³-hybridized carbons (Fsp3) is 0.321. The van der Waals surface area contributed by atoms with Gasteiger partial charge in [0.25, 0.3) is 0 Å². The predicted molar refractivity (Wildman–Crippen MR) is 135 cm³/mol. The molecule has 8 nitrogen and oxygen atoms in total. The molecule has 0 radical (unpaired) electrons. The molecule has 11 heteroatoms. The number of aryl methyl sites for hydroxylation is 1. The van der Waals surface area contributed by atoms with Crippen LogP contribution in [0.15, 0.2) is 54.7 Å². The zero-order valence-electron chi connectivity index (χ0n) is 21.8. The normalized spacial score (nSPS) is 12.5. The van der Waals surface area contributed by atoms with E-state index in [9.17, 15) is 28.0 Å². The molecule has 0 spiro atoms. The number of pyridine rings is 1. The lowest BCUT2D eigenvalue weighted by Crippen LogP contribution is -2.33. The van der Waals surface area contributed by atoms with Gasteiger partial charge in [0.05, 0.1) is 20.3 Å². The molecule has 0 saturated heterocycles. The Balaban J connectivity index is 0.000000771. The van der Waals surface area contributed by atoms with E-state index in [4.69, 9.17) is 4.74 Å². The zero-order valence-corrected chi connectivity index (χ0v) is 21.8. The van der Waals surface area contributed by atoms with Gasteiger partial charge in [-0.2, -0.15) is 0 Å². The van der Waals surface area contributed by atoms with Gasteiger partial charge in [0.2, 0.25) is 5.91 Å². The number of esters is 1. The van der Waals surface area contributed by atoms with Crippen molar-refractivity contribution in [3.63, 3.8) is 0 Å². The Morgan fingerprint density at radius 2 is 1.85 bits per heavy atom. The van der Waals surface area contributed by atoms with Crippen LogP contribution < -0.4 is 14.8 Å². The van der Waals surface area contributed by atoms with Crippen molar-refractivity contribution in [2.24, 2.45) is 0 Å². The Hall–Kier alpha value is -4.28. The van der Waals surface area contributed by atoms with Gasteiger partial charge in [-0.05, 0) is 41.8 Å². The van der Waals surface area contributed by atoms with Crippen LogP contribution in [0.2, 0.25) is 0 Å². The first kappa shape index (κ1) is 29.3. The third kappa shape index (κ3) is 8.36. The summed E-state index contributed by atoms with van der Waals surface area (Å²) >= 11 is 0. The number of carbonyl (C=O) groups excluding carboxylic acids is 2. The van der Waals surface area contributed by atoms with Gasteiger partial charge in [-0.25, -0.2) is 13.2 Å². The fourth-order valence-corrected chi connectivity index (χ4v) is 3.87. The lowest BCUT2D eigenvalue weighted by molar-refractivity contribution is -0.893. The topological polar surface area (TPSA) is 92.0 Å². The number of ether oxygens (including phenoxy) is 2. The first-order valence-electron chi connectivity index (χ1n) is 12.3. The first-order chi connectivity index (χ1) is 18.7. The molecule has 0 saturated carbocycles. The van der Waals surface area contributed by atoms with Crippen LogP contribution in [0.25, 0.3) is 0 Å². The second-order valence-electron chi connectivity index (χ2n) is 8.77. The van der Waals surface area contributed by atoms with E-state index in [-0.39, 0.29) is 37.0 Å². The number of rotatable bonds is 8. The molecule has 2 heterocycles. The number of hydrogen-bond acceptors (Lipinski definition) is 6. The summed E-state index contributed by atoms with van der Waals surface area (Å²) in [7, 11) is 1.35. The quantitative estimate of drug-likeness (QED) is 0.145. The number of amides is 1. The molecule has 4 rings (SSSR count). The number of methoxy groups -OCH3 is 1. The maximum atomic E-state index is 14.1. The minimum atomic E-state index is -1.54. The Morgan fingerprint density at radius 1 is 1.08 bits per heavy atom. The smallest absolute Gasteiger partial charge is 0.313 e. The van der Waals surface area contributed by atoms with Gasteiger partial charge < -0.3 is 19.6 Å². The van der Waals surface area contributed by atoms with E-state index >= 15 is 0 Å². The maximum absolute atomic E-state index is 14.1. The lowest BCUT2D eigenvalue weighted by atomic mass is 10.0. The Morgan fingerprint density at radius 3 is 2.56 bits per heavy atom. The number of nitrogens with one attached hydrogen (secondary N) is 1. The monoisotopic (exact) mass is 546 g/mol. The summed E-state index contributed by atoms with van der Waals surface area (Å²) in [5, 5.41) is 12.8. The second-order valence-corrected chi connectivity index (χ2v) is 8.77.